The molecule has 2 heterocycles. The molecule has 4 N–H and O–H groups in total. The van der Waals surface area contributed by atoms with Gasteiger partial charge < -0.3 is 39.4 Å². The van der Waals surface area contributed by atoms with Gasteiger partial charge in [0.2, 0.25) is 0 Å². The van der Waals surface area contributed by atoms with Crippen LogP contribution in [0.3, 0.4) is 0 Å². The van der Waals surface area contributed by atoms with Crippen LogP contribution in [0, 0.1) is 0 Å². The van der Waals surface area contributed by atoms with E-state index < -0.39 is 37.0 Å². The zero-order valence-electron chi connectivity index (χ0n) is 17.7. The predicted octanol–water partition coefficient (Wildman–Crippen LogP) is 1.41. The topological polar surface area (TPSA) is 118 Å². The van der Waals surface area contributed by atoms with E-state index in [1.165, 1.54) is 25.7 Å². The molecule has 2 rings (SSSR count). The summed E-state index contributed by atoms with van der Waals surface area (Å²) in [6, 6.07) is 0. The summed E-state index contributed by atoms with van der Waals surface area (Å²) in [6.07, 6.45) is 11.7. The summed E-state index contributed by atoms with van der Waals surface area (Å²) in [5, 5.41) is 37.4. The van der Waals surface area contributed by atoms with Crippen LogP contribution >= 0.6 is 0 Å². The van der Waals surface area contributed by atoms with E-state index in [-0.39, 0.29) is 13.2 Å². The third kappa shape index (κ3) is 9.53. The summed E-state index contributed by atoms with van der Waals surface area (Å²) in [5.74, 6) is 0. The molecule has 0 aromatic heterocycles. The molecule has 0 bridgehead atoms. The molecule has 0 spiro atoms. The first-order valence-electron chi connectivity index (χ1n) is 11.1. The van der Waals surface area contributed by atoms with Crippen molar-refractivity contribution in [1.29, 1.82) is 0 Å². The molecule has 2 aliphatic rings. The van der Waals surface area contributed by atoms with Gasteiger partial charge in [0.05, 0.1) is 26.4 Å². The SMILES string of the molecule is OC[C@H]1O[C@H](OCCCCCCCCCCO[C@@H]2C=C[C@H](O)[C@@H](CO)O2)C=C[C@@H]1O. The van der Waals surface area contributed by atoms with Crippen molar-refractivity contribution in [1.82, 2.24) is 0 Å². The molecule has 0 amide bonds. The first kappa shape index (κ1) is 25.4. The van der Waals surface area contributed by atoms with Crippen LogP contribution in [0.15, 0.2) is 24.3 Å². The smallest absolute Gasteiger partial charge is 0.177 e. The third-order valence-corrected chi connectivity index (χ3v) is 5.27. The average molecular weight is 431 g/mol. The highest BCUT2D eigenvalue weighted by Gasteiger charge is 2.26. The fourth-order valence-corrected chi connectivity index (χ4v) is 3.41. The molecule has 8 nitrogen and oxygen atoms in total. The maximum atomic E-state index is 9.58. The Labute approximate surface area is 179 Å². The largest absolute Gasteiger partial charge is 0.394 e. The van der Waals surface area contributed by atoms with Gasteiger partial charge in [-0.15, -0.1) is 0 Å². The molecule has 0 radical (unpaired) electrons. The molecule has 0 saturated carbocycles. The van der Waals surface area contributed by atoms with Crippen LogP contribution in [0.4, 0.5) is 0 Å². The summed E-state index contributed by atoms with van der Waals surface area (Å²) < 4.78 is 22.1. The van der Waals surface area contributed by atoms with E-state index in [4.69, 9.17) is 29.2 Å². The van der Waals surface area contributed by atoms with Crippen LogP contribution in [0.1, 0.15) is 51.4 Å². The van der Waals surface area contributed by atoms with Crippen LogP contribution < -0.4 is 0 Å². The molecule has 0 unspecified atom stereocenters. The summed E-state index contributed by atoms with van der Waals surface area (Å²) in [5.41, 5.74) is 0. The maximum absolute atomic E-state index is 9.58. The number of aliphatic hydroxyl groups excluding tert-OH is 4. The van der Waals surface area contributed by atoms with Crippen molar-refractivity contribution in [2.75, 3.05) is 26.4 Å². The van der Waals surface area contributed by atoms with Crippen LogP contribution in [-0.2, 0) is 18.9 Å². The van der Waals surface area contributed by atoms with E-state index >= 15 is 0 Å². The van der Waals surface area contributed by atoms with Crippen molar-refractivity contribution in [3.8, 4) is 0 Å². The fourth-order valence-electron chi connectivity index (χ4n) is 3.41. The Kier molecular flexibility index (Phi) is 12.7. The number of aliphatic hydroxyl groups is 4. The van der Waals surface area contributed by atoms with E-state index in [1.807, 2.05) is 0 Å². The van der Waals surface area contributed by atoms with Crippen molar-refractivity contribution >= 4 is 0 Å². The van der Waals surface area contributed by atoms with Gasteiger partial charge in [0.25, 0.3) is 0 Å². The Morgan fingerprint density at radius 2 is 0.933 bits per heavy atom. The zero-order valence-corrected chi connectivity index (χ0v) is 17.7. The third-order valence-electron chi connectivity index (χ3n) is 5.27. The van der Waals surface area contributed by atoms with Crippen molar-refractivity contribution in [2.45, 2.75) is 88.4 Å². The van der Waals surface area contributed by atoms with Gasteiger partial charge in [-0.25, -0.2) is 0 Å². The summed E-state index contributed by atoms with van der Waals surface area (Å²) in [6.45, 7) is 0.757. The maximum Gasteiger partial charge on any atom is 0.177 e. The van der Waals surface area contributed by atoms with Crippen LogP contribution in [0.5, 0.6) is 0 Å². The molecule has 0 saturated heterocycles. The quantitative estimate of drug-likeness (QED) is 0.228. The number of unbranched alkanes of at least 4 members (excludes halogenated alkanes) is 7. The number of ether oxygens (including phenoxy) is 4. The van der Waals surface area contributed by atoms with Gasteiger partial charge >= 0.3 is 0 Å². The fraction of sp³-hybridized carbons (Fsp3) is 0.818. The van der Waals surface area contributed by atoms with Crippen molar-refractivity contribution < 1.29 is 39.4 Å². The first-order valence-corrected chi connectivity index (χ1v) is 11.1. The average Bonchev–Trinajstić information content (AvgIpc) is 2.76. The minimum atomic E-state index is -0.772. The molecule has 0 aromatic rings. The highest BCUT2D eigenvalue weighted by Crippen LogP contribution is 2.16. The van der Waals surface area contributed by atoms with Crippen LogP contribution in [-0.4, -0.2) is 83.8 Å². The van der Waals surface area contributed by atoms with E-state index in [2.05, 4.69) is 0 Å². The second kappa shape index (κ2) is 15.0. The van der Waals surface area contributed by atoms with E-state index in [0.717, 1.165) is 25.7 Å². The molecule has 6 atom stereocenters. The lowest BCUT2D eigenvalue weighted by atomic mass is 10.1. The Balaban J connectivity index is 1.35. The zero-order chi connectivity index (χ0) is 21.6. The lowest BCUT2D eigenvalue weighted by Gasteiger charge is -2.28. The lowest BCUT2D eigenvalue weighted by molar-refractivity contribution is -0.180. The van der Waals surface area contributed by atoms with Crippen LogP contribution in [0.25, 0.3) is 0 Å². The van der Waals surface area contributed by atoms with Gasteiger partial charge in [-0.3, -0.25) is 0 Å². The summed E-state index contributed by atoms with van der Waals surface area (Å²) in [7, 11) is 0. The minimum absolute atomic E-state index is 0.225. The second-order valence-electron chi connectivity index (χ2n) is 7.77. The molecular weight excluding hydrogens is 392 g/mol. The minimum Gasteiger partial charge on any atom is -0.394 e. The normalized spacial score (nSPS) is 31.3. The molecule has 0 fully saturated rings. The Bertz CT molecular complexity index is 454. The summed E-state index contributed by atoms with van der Waals surface area (Å²) in [4.78, 5) is 0. The predicted molar refractivity (Wildman–Crippen MR) is 111 cm³/mol. The van der Waals surface area contributed by atoms with Crippen LogP contribution in [0.2, 0.25) is 0 Å². The van der Waals surface area contributed by atoms with Gasteiger partial charge in [-0.1, -0.05) is 50.7 Å². The first-order chi connectivity index (χ1) is 14.6. The molecule has 0 aromatic carbocycles. The highest BCUT2D eigenvalue weighted by atomic mass is 16.7. The van der Waals surface area contributed by atoms with Crippen molar-refractivity contribution in [2.24, 2.45) is 0 Å². The van der Waals surface area contributed by atoms with E-state index in [9.17, 15) is 10.2 Å². The number of rotatable bonds is 15. The van der Waals surface area contributed by atoms with E-state index in [0.29, 0.717) is 13.2 Å². The molecule has 30 heavy (non-hydrogen) atoms. The molecule has 2 aliphatic heterocycles. The molecular formula is C22H38O8. The summed E-state index contributed by atoms with van der Waals surface area (Å²) >= 11 is 0. The van der Waals surface area contributed by atoms with Gasteiger partial charge in [0.15, 0.2) is 12.6 Å². The van der Waals surface area contributed by atoms with Crippen molar-refractivity contribution in [3.63, 3.8) is 0 Å². The molecule has 0 aliphatic carbocycles. The van der Waals surface area contributed by atoms with E-state index in [1.54, 1.807) is 24.3 Å². The molecule has 8 heteroatoms. The number of hydrogen-bond donors (Lipinski definition) is 4. The second-order valence-corrected chi connectivity index (χ2v) is 7.77. The van der Waals surface area contributed by atoms with Gasteiger partial charge in [-0.05, 0) is 25.0 Å². The lowest BCUT2D eigenvalue weighted by Crippen LogP contribution is -2.38. The Morgan fingerprint density at radius 1 is 0.567 bits per heavy atom. The van der Waals surface area contributed by atoms with Gasteiger partial charge in [0.1, 0.15) is 24.4 Å². The molecule has 174 valence electrons. The standard InChI is InChI=1S/C22H38O8/c23-15-19-17(25)9-11-21(29-19)27-13-7-5-3-1-2-4-6-8-14-28-22-12-10-18(26)20(16-24)30-22/h9-12,17-26H,1-8,13-16H2/t17-,18-,19+,20+,21-,22-/m0/s1. The highest BCUT2D eigenvalue weighted by molar-refractivity contribution is 5.00. The Morgan fingerprint density at radius 3 is 1.30 bits per heavy atom. The Hall–Kier alpha value is -0.840. The van der Waals surface area contributed by atoms with Gasteiger partial charge in [-0.2, -0.15) is 0 Å². The van der Waals surface area contributed by atoms with Gasteiger partial charge in [0, 0.05) is 0 Å². The monoisotopic (exact) mass is 430 g/mol. The van der Waals surface area contributed by atoms with Crippen molar-refractivity contribution in [3.05, 3.63) is 24.3 Å². The number of hydrogen-bond acceptors (Lipinski definition) is 8.